The molecule has 1 aromatic carbocycles. The van der Waals surface area contributed by atoms with Crippen molar-refractivity contribution < 1.29 is 19.1 Å². The second-order valence-corrected chi connectivity index (χ2v) is 11.0. The predicted octanol–water partition coefficient (Wildman–Crippen LogP) is 6.90. The Morgan fingerprint density at radius 1 is 1.12 bits per heavy atom. The van der Waals surface area contributed by atoms with Crippen molar-refractivity contribution in [2.45, 2.75) is 72.6 Å². The van der Waals surface area contributed by atoms with Crippen molar-refractivity contribution in [3.05, 3.63) is 45.8 Å². The van der Waals surface area contributed by atoms with Crippen LogP contribution in [0.25, 0.3) is 0 Å². The number of ether oxygens (including phenoxy) is 2. The Hall–Kier alpha value is -2.34. The van der Waals surface area contributed by atoms with Crippen LogP contribution in [0.5, 0.6) is 5.75 Å². The lowest BCUT2D eigenvalue weighted by atomic mass is 9.72. The van der Waals surface area contributed by atoms with E-state index in [1.807, 2.05) is 12.1 Å². The average Bonchev–Trinajstić information content (AvgIpc) is 3.15. The fourth-order valence-corrected chi connectivity index (χ4v) is 5.64. The Labute approximate surface area is 201 Å². The summed E-state index contributed by atoms with van der Waals surface area (Å²) in [6, 6.07) is 7.17. The number of benzene rings is 1. The number of amides is 1. The van der Waals surface area contributed by atoms with Crippen molar-refractivity contribution in [1.29, 1.82) is 0 Å². The molecule has 0 radical (unpaired) electrons. The molecular weight excluding hydrogens is 434 g/mol. The summed E-state index contributed by atoms with van der Waals surface area (Å²) >= 11 is 1.51. The first-order valence-electron chi connectivity index (χ1n) is 12.0. The third-order valence-corrected chi connectivity index (χ3v) is 7.66. The number of methoxy groups -OCH3 is 1. The first-order valence-corrected chi connectivity index (χ1v) is 12.8. The van der Waals surface area contributed by atoms with Gasteiger partial charge in [0.2, 0.25) is 0 Å². The molecule has 3 rings (SSSR count). The van der Waals surface area contributed by atoms with E-state index in [2.05, 4.69) is 33.0 Å². The third kappa shape index (κ3) is 6.38. The molecule has 0 spiro atoms. The van der Waals surface area contributed by atoms with Crippen LogP contribution in [0.1, 0.15) is 91.0 Å². The minimum Gasteiger partial charge on any atom is -0.494 e. The molecule has 0 aliphatic heterocycles. The highest BCUT2D eigenvalue weighted by Crippen LogP contribution is 2.44. The van der Waals surface area contributed by atoms with E-state index in [1.54, 1.807) is 12.1 Å². The molecular formula is C27H37NO4S. The van der Waals surface area contributed by atoms with E-state index in [4.69, 9.17) is 9.47 Å². The van der Waals surface area contributed by atoms with Crippen molar-refractivity contribution in [1.82, 2.24) is 0 Å². The second-order valence-electron chi connectivity index (χ2n) is 9.89. The number of rotatable bonds is 9. The number of hydrogen-bond acceptors (Lipinski definition) is 5. The van der Waals surface area contributed by atoms with Gasteiger partial charge in [-0.3, -0.25) is 4.79 Å². The van der Waals surface area contributed by atoms with E-state index in [1.165, 1.54) is 42.6 Å². The summed E-state index contributed by atoms with van der Waals surface area (Å²) in [6.45, 7) is 9.66. The summed E-state index contributed by atoms with van der Waals surface area (Å²) in [4.78, 5) is 26.7. The summed E-state index contributed by atoms with van der Waals surface area (Å²) < 4.78 is 10.8. The van der Waals surface area contributed by atoms with Crippen LogP contribution >= 0.6 is 11.3 Å². The van der Waals surface area contributed by atoms with E-state index < -0.39 is 0 Å². The normalized spacial score (nSPS) is 15.6. The van der Waals surface area contributed by atoms with Crippen LogP contribution < -0.4 is 10.1 Å². The quantitative estimate of drug-likeness (QED) is 0.319. The molecule has 33 heavy (non-hydrogen) atoms. The lowest BCUT2D eigenvalue weighted by Gasteiger charge is -2.33. The molecule has 1 amide bonds. The highest BCUT2D eigenvalue weighted by atomic mass is 32.1. The smallest absolute Gasteiger partial charge is 0.341 e. The zero-order chi connectivity index (χ0) is 24.0. The van der Waals surface area contributed by atoms with E-state index in [0.717, 1.165) is 37.0 Å². The van der Waals surface area contributed by atoms with E-state index >= 15 is 0 Å². The highest BCUT2D eigenvalue weighted by molar-refractivity contribution is 7.17. The number of fused-ring (bicyclic) bond motifs is 1. The summed E-state index contributed by atoms with van der Waals surface area (Å²) in [5, 5.41) is 3.56. The van der Waals surface area contributed by atoms with Gasteiger partial charge in [0.05, 0.1) is 19.3 Å². The maximum absolute atomic E-state index is 13.0. The van der Waals surface area contributed by atoms with Gasteiger partial charge in [0.1, 0.15) is 10.8 Å². The fourth-order valence-electron chi connectivity index (χ4n) is 4.33. The molecule has 1 unspecified atom stereocenters. The van der Waals surface area contributed by atoms with Crippen LogP contribution in [0.3, 0.4) is 0 Å². The molecule has 0 saturated heterocycles. The Kier molecular flexibility index (Phi) is 8.57. The number of unbranched alkanes of at least 4 members (excludes halogenated alkanes) is 3. The van der Waals surface area contributed by atoms with Gasteiger partial charge in [-0.05, 0) is 66.8 Å². The zero-order valence-electron chi connectivity index (χ0n) is 20.6. The molecule has 1 aliphatic rings. The molecule has 180 valence electrons. The third-order valence-electron chi connectivity index (χ3n) is 6.49. The number of esters is 1. The SMILES string of the molecule is CCCCCCOc1ccc(C(=O)Nc2sc3c(c2C(=O)OC)CCC(C(C)(C)C)C3)cc1. The Morgan fingerprint density at radius 2 is 1.85 bits per heavy atom. The van der Waals surface area contributed by atoms with Gasteiger partial charge in [-0.25, -0.2) is 4.79 Å². The second kappa shape index (κ2) is 11.2. The average molecular weight is 472 g/mol. The lowest BCUT2D eigenvalue weighted by Crippen LogP contribution is -2.26. The Balaban J connectivity index is 1.71. The molecule has 1 heterocycles. The van der Waals surface area contributed by atoms with Crippen LogP contribution in [0, 0.1) is 11.3 Å². The highest BCUT2D eigenvalue weighted by Gasteiger charge is 2.34. The summed E-state index contributed by atoms with van der Waals surface area (Å²) in [5.74, 6) is 0.690. The van der Waals surface area contributed by atoms with Gasteiger partial charge in [-0.15, -0.1) is 11.3 Å². The molecule has 6 heteroatoms. The van der Waals surface area contributed by atoms with Crippen molar-refractivity contribution in [2.24, 2.45) is 11.3 Å². The maximum Gasteiger partial charge on any atom is 0.341 e. The molecule has 1 N–H and O–H groups in total. The molecule has 1 atom stereocenters. The van der Waals surface area contributed by atoms with Crippen LogP contribution in [0.15, 0.2) is 24.3 Å². The van der Waals surface area contributed by atoms with E-state index in [9.17, 15) is 9.59 Å². The largest absolute Gasteiger partial charge is 0.494 e. The van der Waals surface area contributed by atoms with Gasteiger partial charge in [-0.2, -0.15) is 0 Å². The monoisotopic (exact) mass is 471 g/mol. The Morgan fingerprint density at radius 3 is 2.48 bits per heavy atom. The minimum absolute atomic E-state index is 0.205. The number of carbonyl (C=O) groups excluding carboxylic acids is 2. The number of thiophene rings is 1. The molecule has 0 saturated carbocycles. The zero-order valence-corrected chi connectivity index (χ0v) is 21.4. The molecule has 0 fully saturated rings. The van der Waals surface area contributed by atoms with Crippen LogP contribution in [-0.4, -0.2) is 25.6 Å². The summed E-state index contributed by atoms with van der Waals surface area (Å²) in [6.07, 6.45) is 7.41. The number of nitrogens with one attached hydrogen (secondary N) is 1. The Bertz CT molecular complexity index is 956. The lowest BCUT2D eigenvalue weighted by molar-refractivity contribution is 0.0600. The van der Waals surface area contributed by atoms with E-state index in [-0.39, 0.29) is 17.3 Å². The molecule has 1 aliphatic carbocycles. The van der Waals surface area contributed by atoms with Gasteiger partial charge in [-0.1, -0.05) is 47.0 Å². The van der Waals surface area contributed by atoms with Crippen molar-refractivity contribution >= 4 is 28.2 Å². The van der Waals surface area contributed by atoms with Crippen LogP contribution in [-0.2, 0) is 17.6 Å². The first-order chi connectivity index (χ1) is 15.7. The standard InChI is InChI=1S/C27H37NO4S/c1-6-7-8-9-16-32-20-13-10-18(11-14-20)24(29)28-25-23(26(30)31-5)21-15-12-19(27(2,3)4)17-22(21)33-25/h10-11,13-14,19H,6-9,12,15-17H2,1-5H3,(H,28,29). The van der Waals surface area contributed by atoms with Gasteiger partial charge in [0.15, 0.2) is 0 Å². The number of hydrogen-bond donors (Lipinski definition) is 1. The van der Waals surface area contributed by atoms with Crippen LogP contribution in [0.2, 0.25) is 0 Å². The molecule has 1 aromatic heterocycles. The van der Waals surface area contributed by atoms with Crippen molar-refractivity contribution in [3.63, 3.8) is 0 Å². The minimum atomic E-state index is -0.385. The van der Waals surface area contributed by atoms with E-state index in [0.29, 0.717) is 28.7 Å². The molecule has 2 aromatic rings. The number of carbonyl (C=O) groups is 2. The predicted molar refractivity (Wildman–Crippen MR) is 135 cm³/mol. The van der Waals surface area contributed by atoms with Gasteiger partial charge >= 0.3 is 5.97 Å². The van der Waals surface area contributed by atoms with Crippen molar-refractivity contribution in [2.75, 3.05) is 19.0 Å². The molecule has 0 bridgehead atoms. The first kappa shape index (κ1) is 25.3. The van der Waals surface area contributed by atoms with Gasteiger partial charge in [0, 0.05) is 10.4 Å². The number of anilines is 1. The maximum atomic E-state index is 13.0. The molecule has 5 nitrogen and oxygen atoms in total. The van der Waals surface area contributed by atoms with Gasteiger partial charge in [0.25, 0.3) is 5.91 Å². The van der Waals surface area contributed by atoms with Crippen LogP contribution in [0.4, 0.5) is 5.00 Å². The van der Waals surface area contributed by atoms with Crippen molar-refractivity contribution in [3.8, 4) is 5.75 Å². The van der Waals surface area contributed by atoms with Gasteiger partial charge < -0.3 is 14.8 Å². The topological polar surface area (TPSA) is 64.6 Å². The fraction of sp³-hybridized carbons (Fsp3) is 0.556. The summed E-state index contributed by atoms with van der Waals surface area (Å²) in [5.41, 5.74) is 2.29. The summed E-state index contributed by atoms with van der Waals surface area (Å²) in [7, 11) is 1.39.